The molecule has 2 rings (SSSR count). The van der Waals surface area contributed by atoms with Crippen LogP contribution in [0.25, 0.3) is 0 Å². The highest BCUT2D eigenvalue weighted by Gasteiger charge is 2.06. The van der Waals surface area contributed by atoms with Crippen LogP contribution < -0.4 is 5.32 Å². The SMILES string of the molecule is N#Cc1cc(NC(=O)CCc2ccccn2)ccc1F. The summed E-state index contributed by atoms with van der Waals surface area (Å²) in [6.07, 6.45) is 2.47. The van der Waals surface area contributed by atoms with Crippen molar-refractivity contribution in [1.29, 1.82) is 5.26 Å². The van der Waals surface area contributed by atoms with Gasteiger partial charge in [-0.3, -0.25) is 9.78 Å². The van der Waals surface area contributed by atoms with Crippen LogP contribution >= 0.6 is 0 Å². The standard InChI is InChI=1S/C15H12FN3O/c16-14-6-4-13(9-11(14)10-17)19-15(20)7-5-12-3-1-2-8-18-12/h1-4,6,8-9H,5,7H2,(H,19,20). The lowest BCUT2D eigenvalue weighted by molar-refractivity contribution is -0.116. The van der Waals surface area contributed by atoms with E-state index in [1.165, 1.54) is 12.1 Å². The maximum Gasteiger partial charge on any atom is 0.224 e. The number of benzene rings is 1. The van der Waals surface area contributed by atoms with Gasteiger partial charge >= 0.3 is 0 Å². The number of carbonyl (C=O) groups excluding carboxylic acids is 1. The Morgan fingerprint density at radius 1 is 1.35 bits per heavy atom. The molecular formula is C15H12FN3O. The van der Waals surface area contributed by atoms with E-state index in [4.69, 9.17) is 5.26 Å². The van der Waals surface area contributed by atoms with Crippen molar-refractivity contribution in [3.63, 3.8) is 0 Å². The summed E-state index contributed by atoms with van der Waals surface area (Å²) in [6.45, 7) is 0. The van der Waals surface area contributed by atoms with E-state index >= 15 is 0 Å². The molecule has 1 aromatic carbocycles. The molecular weight excluding hydrogens is 257 g/mol. The van der Waals surface area contributed by atoms with E-state index in [9.17, 15) is 9.18 Å². The van der Waals surface area contributed by atoms with Crippen LogP contribution in [0, 0.1) is 17.1 Å². The van der Waals surface area contributed by atoms with Crippen molar-refractivity contribution >= 4 is 11.6 Å². The molecule has 0 unspecified atom stereocenters. The predicted molar refractivity (Wildman–Crippen MR) is 72.3 cm³/mol. The molecule has 4 nitrogen and oxygen atoms in total. The summed E-state index contributed by atoms with van der Waals surface area (Å²) in [4.78, 5) is 15.9. The Morgan fingerprint density at radius 2 is 2.20 bits per heavy atom. The number of nitriles is 1. The molecule has 0 radical (unpaired) electrons. The number of halogens is 1. The first kappa shape index (κ1) is 13.7. The highest BCUT2D eigenvalue weighted by atomic mass is 19.1. The molecule has 100 valence electrons. The van der Waals surface area contributed by atoms with Gasteiger partial charge in [-0.05, 0) is 36.8 Å². The topological polar surface area (TPSA) is 65.8 Å². The van der Waals surface area contributed by atoms with Gasteiger partial charge in [0.05, 0.1) is 5.56 Å². The Balaban J connectivity index is 1.93. The molecule has 0 fully saturated rings. The zero-order chi connectivity index (χ0) is 14.4. The summed E-state index contributed by atoms with van der Waals surface area (Å²) in [6, 6.07) is 11.1. The normalized spacial score (nSPS) is 9.80. The van der Waals surface area contributed by atoms with Crippen molar-refractivity contribution < 1.29 is 9.18 Å². The third kappa shape index (κ3) is 3.62. The molecule has 20 heavy (non-hydrogen) atoms. The van der Waals surface area contributed by atoms with Crippen molar-refractivity contribution in [2.75, 3.05) is 5.32 Å². The number of nitrogens with one attached hydrogen (secondary N) is 1. The van der Waals surface area contributed by atoms with E-state index in [2.05, 4.69) is 10.3 Å². The van der Waals surface area contributed by atoms with Gasteiger partial charge in [0.25, 0.3) is 0 Å². The number of anilines is 1. The van der Waals surface area contributed by atoms with Crippen molar-refractivity contribution in [1.82, 2.24) is 4.98 Å². The van der Waals surface area contributed by atoms with Crippen LogP contribution in [-0.2, 0) is 11.2 Å². The molecule has 0 bridgehead atoms. The monoisotopic (exact) mass is 269 g/mol. The quantitative estimate of drug-likeness (QED) is 0.928. The molecule has 1 aromatic heterocycles. The third-order valence-corrected chi connectivity index (χ3v) is 2.70. The number of aromatic nitrogens is 1. The number of rotatable bonds is 4. The van der Waals surface area contributed by atoms with Crippen LogP contribution in [0.3, 0.4) is 0 Å². The van der Waals surface area contributed by atoms with Crippen LogP contribution in [0.1, 0.15) is 17.7 Å². The molecule has 5 heteroatoms. The molecule has 0 saturated heterocycles. The number of pyridine rings is 1. The first-order valence-electron chi connectivity index (χ1n) is 6.08. The molecule has 0 saturated carbocycles. The van der Waals surface area contributed by atoms with Gasteiger partial charge in [-0.15, -0.1) is 0 Å². The van der Waals surface area contributed by atoms with E-state index in [0.717, 1.165) is 11.8 Å². The van der Waals surface area contributed by atoms with Crippen LogP contribution in [0.4, 0.5) is 10.1 Å². The lowest BCUT2D eigenvalue weighted by atomic mass is 10.2. The smallest absolute Gasteiger partial charge is 0.224 e. The third-order valence-electron chi connectivity index (χ3n) is 2.70. The molecule has 0 spiro atoms. The summed E-state index contributed by atoms with van der Waals surface area (Å²) < 4.78 is 13.1. The number of carbonyl (C=O) groups is 1. The van der Waals surface area contributed by atoms with Gasteiger partial charge in [0, 0.05) is 24.0 Å². The zero-order valence-electron chi connectivity index (χ0n) is 10.6. The van der Waals surface area contributed by atoms with Crippen molar-refractivity contribution in [3.8, 4) is 6.07 Å². The Morgan fingerprint density at radius 3 is 2.90 bits per heavy atom. The number of hydrogen-bond donors (Lipinski definition) is 1. The largest absolute Gasteiger partial charge is 0.326 e. The van der Waals surface area contributed by atoms with Crippen LogP contribution in [0.15, 0.2) is 42.6 Å². The minimum atomic E-state index is -0.598. The van der Waals surface area contributed by atoms with E-state index < -0.39 is 5.82 Å². The minimum Gasteiger partial charge on any atom is -0.326 e. The van der Waals surface area contributed by atoms with Gasteiger partial charge in [-0.2, -0.15) is 5.26 Å². The van der Waals surface area contributed by atoms with Gasteiger partial charge in [0.15, 0.2) is 0 Å². The van der Waals surface area contributed by atoms with Gasteiger partial charge < -0.3 is 5.32 Å². The van der Waals surface area contributed by atoms with E-state index in [-0.39, 0.29) is 17.9 Å². The first-order chi connectivity index (χ1) is 9.69. The first-order valence-corrected chi connectivity index (χ1v) is 6.08. The van der Waals surface area contributed by atoms with Crippen molar-refractivity contribution in [2.45, 2.75) is 12.8 Å². The summed E-state index contributed by atoms with van der Waals surface area (Å²) in [5.74, 6) is -0.801. The lowest BCUT2D eigenvalue weighted by Gasteiger charge is -2.05. The van der Waals surface area contributed by atoms with Crippen LogP contribution in [0.2, 0.25) is 0 Å². The average Bonchev–Trinajstić information content (AvgIpc) is 2.48. The summed E-state index contributed by atoms with van der Waals surface area (Å²) in [7, 11) is 0. The molecule has 0 aliphatic heterocycles. The summed E-state index contributed by atoms with van der Waals surface area (Å²) in [5, 5.41) is 11.3. The highest BCUT2D eigenvalue weighted by Crippen LogP contribution is 2.14. The fraction of sp³-hybridized carbons (Fsp3) is 0.133. The maximum atomic E-state index is 13.1. The predicted octanol–water partition coefficient (Wildman–Crippen LogP) is 2.66. The van der Waals surface area contributed by atoms with E-state index in [0.29, 0.717) is 12.1 Å². The second-order valence-corrected chi connectivity index (χ2v) is 4.18. The molecule has 2 aromatic rings. The Kier molecular flexibility index (Phi) is 4.40. The van der Waals surface area contributed by atoms with Crippen molar-refractivity contribution in [3.05, 3.63) is 59.7 Å². The van der Waals surface area contributed by atoms with Crippen LogP contribution in [-0.4, -0.2) is 10.9 Å². The number of nitrogens with zero attached hydrogens (tertiary/aromatic N) is 2. The molecule has 1 N–H and O–H groups in total. The second-order valence-electron chi connectivity index (χ2n) is 4.18. The fourth-order valence-corrected chi connectivity index (χ4v) is 1.70. The van der Waals surface area contributed by atoms with Gasteiger partial charge in [0.1, 0.15) is 11.9 Å². The van der Waals surface area contributed by atoms with E-state index in [1.807, 2.05) is 18.2 Å². The Hall–Kier alpha value is -2.74. The van der Waals surface area contributed by atoms with Crippen molar-refractivity contribution in [2.24, 2.45) is 0 Å². The highest BCUT2D eigenvalue weighted by molar-refractivity contribution is 5.90. The summed E-state index contributed by atoms with van der Waals surface area (Å²) in [5.41, 5.74) is 1.15. The number of hydrogen-bond acceptors (Lipinski definition) is 3. The Bertz CT molecular complexity index is 650. The number of aryl methyl sites for hydroxylation is 1. The molecule has 0 aliphatic carbocycles. The Labute approximate surface area is 115 Å². The van der Waals surface area contributed by atoms with Gasteiger partial charge in [0.2, 0.25) is 5.91 Å². The fourth-order valence-electron chi connectivity index (χ4n) is 1.70. The lowest BCUT2D eigenvalue weighted by Crippen LogP contribution is -2.12. The average molecular weight is 269 g/mol. The molecule has 0 atom stereocenters. The molecule has 1 amide bonds. The number of amides is 1. The maximum absolute atomic E-state index is 13.1. The minimum absolute atomic E-state index is 0.0903. The zero-order valence-corrected chi connectivity index (χ0v) is 10.6. The molecule has 1 heterocycles. The van der Waals surface area contributed by atoms with E-state index in [1.54, 1.807) is 12.3 Å². The van der Waals surface area contributed by atoms with Crippen LogP contribution in [0.5, 0.6) is 0 Å². The van der Waals surface area contributed by atoms with Gasteiger partial charge in [-0.1, -0.05) is 6.07 Å². The second kappa shape index (κ2) is 6.43. The molecule has 0 aliphatic rings. The summed E-state index contributed by atoms with van der Waals surface area (Å²) >= 11 is 0. The van der Waals surface area contributed by atoms with Gasteiger partial charge in [-0.25, -0.2) is 4.39 Å².